The van der Waals surface area contributed by atoms with Crippen LogP contribution in [0.15, 0.2) is 18.2 Å². The van der Waals surface area contributed by atoms with Crippen molar-refractivity contribution in [2.24, 2.45) is 11.7 Å². The fourth-order valence-electron chi connectivity index (χ4n) is 1.55. The predicted octanol–water partition coefficient (Wildman–Crippen LogP) is 1.06. The van der Waals surface area contributed by atoms with E-state index in [2.05, 4.69) is 12.2 Å². The van der Waals surface area contributed by atoms with Crippen LogP contribution in [0.3, 0.4) is 0 Å². The number of carbonyl (C=O) groups is 1. The molecule has 0 fully saturated rings. The van der Waals surface area contributed by atoms with Crippen LogP contribution in [0.5, 0.6) is 0 Å². The second-order valence-electron chi connectivity index (χ2n) is 4.11. The highest BCUT2D eigenvalue weighted by Crippen LogP contribution is 2.18. The van der Waals surface area contributed by atoms with Gasteiger partial charge in [-0.25, -0.2) is 0 Å². The summed E-state index contributed by atoms with van der Waals surface area (Å²) in [5.41, 5.74) is 12.5. The molecule has 0 spiro atoms. The van der Waals surface area contributed by atoms with Gasteiger partial charge < -0.3 is 21.5 Å². The summed E-state index contributed by atoms with van der Waals surface area (Å²) < 4.78 is 5.04. The van der Waals surface area contributed by atoms with E-state index in [1.165, 1.54) is 0 Å². The Morgan fingerprint density at radius 3 is 2.82 bits per heavy atom. The molecule has 0 saturated heterocycles. The predicted molar refractivity (Wildman–Crippen MR) is 68.9 cm³/mol. The second-order valence-corrected chi connectivity index (χ2v) is 4.11. The first kappa shape index (κ1) is 13.3. The lowest BCUT2D eigenvalue weighted by molar-refractivity contribution is 0.100. The molecule has 5 N–H and O–H groups in total. The molecule has 17 heavy (non-hydrogen) atoms. The van der Waals surface area contributed by atoms with E-state index >= 15 is 0 Å². The molecule has 0 bridgehead atoms. The van der Waals surface area contributed by atoms with Gasteiger partial charge in [-0.15, -0.1) is 0 Å². The van der Waals surface area contributed by atoms with E-state index in [0.29, 0.717) is 36.0 Å². The van der Waals surface area contributed by atoms with Gasteiger partial charge in [0.25, 0.3) is 5.91 Å². The summed E-state index contributed by atoms with van der Waals surface area (Å²) >= 11 is 0. The largest absolute Gasteiger partial charge is 0.399 e. The SMILES string of the molecule is COCC(C)CNc1ccc(N)cc1C(N)=O. The topological polar surface area (TPSA) is 90.4 Å². The minimum atomic E-state index is -0.487. The molecule has 1 amide bonds. The van der Waals surface area contributed by atoms with Crippen molar-refractivity contribution in [1.82, 2.24) is 0 Å². The van der Waals surface area contributed by atoms with Gasteiger partial charge in [0.2, 0.25) is 0 Å². The van der Waals surface area contributed by atoms with Crippen molar-refractivity contribution >= 4 is 17.3 Å². The highest BCUT2D eigenvalue weighted by atomic mass is 16.5. The van der Waals surface area contributed by atoms with Crippen LogP contribution >= 0.6 is 0 Å². The van der Waals surface area contributed by atoms with E-state index < -0.39 is 5.91 Å². The van der Waals surface area contributed by atoms with E-state index in [0.717, 1.165) is 0 Å². The zero-order valence-electron chi connectivity index (χ0n) is 10.2. The molecule has 0 radical (unpaired) electrons. The Morgan fingerprint density at radius 1 is 1.53 bits per heavy atom. The van der Waals surface area contributed by atoms with Crippen LogP contribution in [0.25, 0.3) is 0 Å². The monoisotopic (exact) mass is 237 g/mol. The molecule has 0 aliphatic carbocycles. The van der Waals surface area contributed by atoms with Crippen molar-refractivity contribution in [3.05, 3.63) is 23.8 Å². The van der Waals surface area contributed by atoms with Gasteiger partial charge in [0, 0.05) is 25.0 Å². The Labute approximate surface area is 101 Å². The number of primary amides is 1. The molecule has 1 aromatic rings. The molecule has 1 rings (SSSR count). The molecule has 0 aromatic heterocycles. The third-order valence-electron chi connectivity index (χ3n) is 2.40. The number of methoxy groups -OCH3 is 1. The van der Waals surface area contributed by atoms with Gasteiger partial charge in [-0.1, -0.05) is 6.92 Å². The average molecular weight is 237 g/mol. The number of anilines is 2. The molecule has 0 aliphatic rings. The number of nitrogen functional groups attached to an aromatic ring is 1. The highest BCUT2D eigenvalue weighted by Gasteiger charge is 2.09. The molecule has 94 valence electrons. The summed E-state index contributed by atoms with van der Waals surface area (Å²) in [6.45, 7) is 3.42. The molecule has 0 saturated carbocycles. The highest BCUT2D eigenvalue weighted by molar-refractivity contribution is 5.99. The summed E-state index contributed by atoms with van der Waals surface area (Å²) in [7, 11) is 1.66. The molecular weight excluding hydrogens is 218 g/mol. The number of ether oxygens (including phenoxy) is 1. The summed E-state index contributed by atoms with van der Waals surface area (Å²) in [4.78, 5) is 11.2. The number of nitrogens with two attached hydrogens (primary N) is 2. The Bertz CT molecular complexity index is 393. The standard InChI is InChI=1S/C12H19N3O2/c1-8(7-17-2)6-15-11-4-3-9(13)5-10(11)12(14)16/h3-5,8,15H,6-7,13H2,1-2H3,(H2,14,16). The number of nitrogens with one attached hydrogen (secondary N) is 1. The van der Waals surface area contributed by atoms with Crippen molar-refractivity contribution in [2.75, 3.05) is 31.3 Å². The van der Waals surface area contributed by atoms with Gasteiger partial charge in [-0.2, -0.15) is 0 Å². The summed E-state index contributed by atoms with van der Waals surface area (Å²) in [6.07, 6.45) is 0. The first-order valence-electron chi connectivity index (χ1n) is 5.46. The number of hydrogen-bond donors (Lipinski definition) is 3. The molecule has 0 aliphatic heterocycles. The van der Waals surface area contributed by atoms with Crippen molar-refractivity contribution in [1.29, 1.82) is 0 Å². The molecule has 1 atom stereocenters. The Hall–Kier alpha value is -1.75. The summed E-state index contributed by atoms with van der Waals surface area (Å²) in [5.74, 6) is -0.141. The van der Waals surface area contributed by atoms with Crippen LogP contribution in [0, 0.1) is 5.92 Å². The van der Waals surface area contributed by atoms with Crippen LogP contribution in [-0.4, -0.2) is 26.2 Å². The first-order chi connectivity index (χ1) is 8.04. The molecule has 5 nitrogen and oxygen atoms in total. The number of carbonyl (C=O) groups excluding carboxylic acids is 1. The van der Waals surface area contributed by atoms with Crippen molar-refractivity contribution in [3.63, 3.8) is 0 Å². The van der Waals surface area contributed by atoms with Gasteiger partial charge >= 0.3 is 0 Å². The van der Waals surface area contributed by atoms with Crippen LogP contribution < -0.4 is 16.8 Å². The maximum atomic E-state index is 11.2. The van der Waals surface area contributed by atoms with Gasteiger partial charge in [-0.3, -0.25) is 4.79 Å². The van der Waals surface area contributed by atoms with Crippen LogP contribution in [0.2, 0.25) is 0 Å². The molecule has 1 unspecified atom stereocenters. The van der Waals surface area contributed by atoms with Gasteiger partial charge in [0.1, 0.15) is 0 Å². The number of rotatable bonds is 6. The normalized spacial score (nSPS) is 12.1. The third kappa shape index (κ3) is 3.96. The average Bonchev–Trinajstić information content (AvgIpc) is 2.27. The quantitative estimate of drug-likeness (QED) is 0.645. The minimum absolute atomic E-state index is 0.346. The lowest BCUT2D eigenvalue weighted by Gasteiger charge is -2.14. The van der Waals surface area contributed by atoms with Crippen LogP contribution in [0.4, 0.5) is 11.4 Å². The van der Waals surface area contributed by atoms with Gasteiger partial charge in [0.05, 0.1) is 12.2 Å². The molecule has 5 heteroatoms. The Kier molecular flexibility index (Phi) is 4.78. The number of hydrogen-bond acceptors (Lipinski definition) is 4. The summed E-state index contributed by atoms with van der Waals surface area (Å²) in [6, 6.07) is 5.07. The number of benzene rings is 1. The number of amides is 1. The lowest BCUT2D eigenvalue weighted by Crippen LogP contribution is -2.19. The van der Waals surface area contributed by atoms with Gasteiger partial charge in [0.15, 0.2) is 0 Å². The van der Waals surface area contributed by atoms with Crippen molar-refractivity contribution < 1.29 is 9.53 Å². The van der Waals surface area contributed by atoms with Crippen LogP contribution in [-0.2, 0) is 4.74 Å². The third-order valence-corrected chi connectivity index (χ3v) is 2.40. The maximum absolute atomic E-state index is 11.2. The molecular formula is C12H19N3O2. The minimum Gasteiger partial charge on any atom is -0.399 e. The maximum Gasteiger partial charge on any atom is 0.250 e. The van der Waals surface area contributed by atoms with Crippen LogP contribution in [0.1, 0.15) is 17.3 Å². The van der Waals surface area contributed by atoms with Gasteiger partial charge in [-0.05, 0) is 24.1 Å². The Morgan fingerprint density at radius 2 is 2.24 bits per heavy atom. The van der Waals surface area contributed by atoms with E-state index in [1.807, 2.05) is 0 Å². The zero-order valence-corrected chi connectivity index (χ0v) is 10.2. The second kappa shape index (κ2) is 6.10. The molecule has 0 heterocycles. The fourth-order valence-corrected chi connectivity index (χ4v) is 1.55. The smallest absolute Gasteiger partial charge is 0.250 e. The fraction of sp³-hybridized carbons (Fsp3) is 0.417. The van der Waals surface area contributed by atoms with E-state index in [4.69, 9.17) is 16.2 Å². The van der Waals surface area contributed by atoms with Crippen molar-refractivity contribution in [2.45, 2.75) is 6.92 Å². The molecule has 1 aromatic carbocycles. The van der Waals surface area contributed by atoms with Crippen molar-refractivity contribution in [3.8, 4) is 0 Å². The Balaban J connectivity index is 2.73. The lowest BCUT2D eigenvalue weighted by atomic mass is 10.1. The van der Waals surface area contributed by atoms with E-state index in [-0.39, 0.29) is 0 Å². The summed E-state index contributed by atoms with van der Waals surface area (Å²) in [5, 5.41) is 3.17. The zero-order chi connectivity index (χ0) is 12.8. The van der Waals surface area contributed by atoms with E-state index in [9.17, 15) is 4.79 Å². The first-order valence-corrected chi connectivity index (χ1v) is 5.46. The van der Waals surface area contributed by atoms with E-state index in [1.54, 1.807) is 25.3 Å².